The van der Waals surface area contributed by atoms with Gasteiger partial charge in [0.15, 0.2) is 5.89 Å². The molecule has 0 aromatic carbocycles. The summed E-state index contributed by atoms with van der Waals surface area (Å²) in [6, 6.07) is 0. The van der Waals surface area contributed by atoms with E-state index < -0.39 is 5.97 Å². The number of aromatic nitrogens is 1. The summed E-state index contributed by atoms with van der Waals surface area (Å²) in [4.78, 5) is 15.5. The lowest BCUT2D eigenvalue weighted by Gasteiger charge is -2.05. The average Bonchev–Trinajstić information content (AvgIpc) is 2.77. The fourth-order valence-corrected chi connectivity index (χ4v) is 3.03. The van der Waals surface area contributed by atoms with Crippen molar-refractivity contribution in [1.29, 1.82) is 0 Å². The minimum atomic E-state index is -0.990. The summed E-state index contributed by atoms with van der Waals surface area (Å²) >= 11 is 0. The molecule has 2 fully saturated rings. The Morgan fingerprint density at radius 3 is 2.71 bits per heavy atom. The highest BCUT2D eigenvalue weighted by molar-refractivity contribution is 5.85. The molecular weight excluding hydrogens is 218 g/mol. The van der Waals surface area contributed by atoms with Crippen molar-refractivity contribution in [2.45, 2.75) is 44.9 Å². The van der Waals surface area contributed by atoms with Crippen molar-refractivity contribution in [2.75, 3.05) is 0 Å². The molecule has 17 heavy (non-hydrogen) atoms. The lowest BCUT2D eigenvalue weighted by molar-refractivity contribution is 0.0658. The number of fused-ring (bicyclic) bond motifs is 1. The largest absolute Gasteiger partial charge is 0.475 e. The number of oxazole rings is 1. The summed E-state index contributed by atoms with van der Waals surface area (Å²) < 4.78 is 5.47. The first-order valence-corrected chi connectivity index (χ1v) is 6.42. The zero-order valence-corrected chi connectivity index (χ0v) is 9.98. The molecule has 0 aliphatic heterocycles. The molecular formula is C13H17NO3. The van der Waals surface area contributed by atoms with Crippen molar-refractivity contribution in [3.05, 3.63) is 17.3 Å². The van der Waals surface area contributed by atoms with Gasteiger partial charge in [-0.2, -0.15) is 0 Å². The van der Waals surface area contributed by atoms with Crippen LogP contribution in [-0.2, 0) is 6.42 Å². The molecule has 2 unspecified atom stereocenters. The molecule has 1 aromatic heterocycles. The van der Waals surface area contributed by atoms with E-state index in [9.17, 15) is 4.79 Å². The second-order valence-electron chi connectivity index (χ2n) is 5.31. The first-order valence-electron chi connectivity index (χ1n) is 6.42. The van der Waals surface area contributed by atoms with E-state index >= 15 is 0 Å². The first kappa shape index (κ1) is 10.8. The highest BCUT2D eigenvalue weighted by Gasteiger charge is 2.47. The Balaban J connectivity index is 1.84. The number of carboxylic acid groups (broad SMARTS) is 1. The van der Waals surface area contributed by atoms with Gasteiger partial charge in [-0.1, -0.05) is 13.3 Å². The Labute approximate surface area is 100 Å². The van der Waals surface area contributed by atoms with Gasteiger partial charge in [-0.3, -0.25) is 0 Å². The van der Waals surface area contributed by atoms with Crippen LogP contribution in [0.2, 0.25) is 0 Å². The summed E-state index contributed by atoms with van der Waals surface area (Å²) in [5.41, 5.74) is 0.621. The van der Waals surface area contributed by atoms with Crippen LogP contribution in [0.1, 0.15) is 60.7 Å². The quantitative estimate of drug-likeness (QED) is 0.871. The maximum atomic E-state index is 11.1. The predicted octanol–water partition coefficient (Wildman–Crippen LogP) is 2.84. The SMILES string of the molecule is CCCc1nc(C2CC3CC3C2)oc1C(=O)O. The van der Waals surface area contributed by atoms with Gasteiger partial charge in [-0.05, 0) is 37.5 Å². The average molecular weight is 235 g/mol. The van der Waals surface area contributed by atoms with Crippen LogP contribution in [0.3, 0.4) is 0 Å². The topological polar surface area (TPSA) is 63.3 Å². The summed E-state index contributed by atoms with van der Waals surface area (Å²) in [5, 5.41) is 9.08. The monoisotopic (exact) mass is 235 g/mol. The van der Waals surface area contributed by atoms with Crippen LogP contribution in [0.15, 0.2) is 4.42 Å². The molecule has 1 heterocycles. The van der Waals surface area contributed by atoms with E-state index in [1.165, 1.54) is 6.42 Å². The van der Waals surface area contributed by atoms with E-state index in [-0.39, 0.29) is 5.76 Å². The summed E-state index contributed by atoms with van der Waals surface area (Å²) in [6.07, 6.45) is 5.20. The maximum Gasteiger partial charge on any atom is 0.373 e. The number of hydrogen-bond donors (Lipinski definition) is 1. The Hall–Kier alpha value is -1.32. The number of aryl methyl sites for hydroxylation is 1. The molecule has 1 N–H and O–H groups in total. The van der Waals surface area contributed by atoms with Gasteiger partial charge in [0, 0.05) is 5.92 Å². The number of hydrogen-bond acceptors (Lipinski definition) is 3. The normalized spacial score (nSPS) is 30.3. The molecule has 2 atom stereocenters. The summed E-state index contributed by atoms with van der Waals surface area (Å²) in [7, 11) is 0. The van der Waals surface area contributed by atoms with E-state index in [1.807, 2.05) is 6.92 Å². The van der Waals surface area contributed by atoms with Crippen molar-refractivity contribution >= 4 is 5.97 Å². The van der Waals surface area contributed by atoms with Crippen molar-refractivity contribution in [3.8, 4) is 0 Å². The van der Waals surface area contributed by atoms with E-state index in [0.29, 0.717) is 23.9 Å². The number of nitrogens with zero attached hydrogens (tertiary/aromatic N) is 1. The standard InChI is InChI=1S/C13H17NO3/c1-2-3-10-11(13(15)16)17-12(14-10)9-5-7-4-8(7)6-9/h7-9H,2-6H2,1H3,(H,15,16). The van der Waals surface area contributed by atoms with Crippen molar-refractivity contribution in [2.24, 2.45) is 11.8 Å². The number of carboxylic acids is 1. The fraction of sp³-hybridized carbons (Fsp3) is 0.692. The van der Waals surface area contributed by atoms with E-state index in [4.69, 9.17) is 9.52 Å². The summed E-state index contributed by atoms with van der Waals surface area (Å²) in [5.74, 6) is 1.81. The van der Waals surface area contributed by atoms with Gasteiger partial charge in [0.25, 0.3) is 0 Å². The molecule has 0 saturated heterocycles. The molecule has 2 aliphatic rings. The van der Waals surface area contributed by atoms with Gasteiger partial charge in [0.1, 0.15) is 0 Å². The molecule has 1 aromatic rings. The smallest absolute Gasteiger partial charge is 0.373 e. The van der Waals surface area contributed by atoms with Gasteiger partial charge in [0.05, 0.1) is 5.69 Å². The fourth-order valence-electron chi connectivity index (χ4n) is 3.03. The second-order valence-corrected chi connectivity index (χ2v) is 5.31. The zero-order chi connectivity index (χ0) is 12.0. The molecule has 4 heteroatoms. The van der Waals surface area contributed by atoms with Gasteiger partial charge in [-0.25, -0.2) is 9.78 Å². The van der Waals surface area contributed by atoms with Crippen molar-refractivity contribution < 1.29 is 14.3 Å². The molecule has 3 rings (SSSR count). The van der Waals surface area contributed by atoms with Crippen molar-refractivity contribution in [3.63, 3.8) is 0 Å². The highest BCUT2D eigenvalue weighted by atomic mass is 16.4. The Bertz CT molecular complexity index is 442. The third-order valence-corrected chi connectivity index (χ3v) is 3.99. The van der Waals surface area contributed by atoms with Gasteiger partial charge >= 0.3 is 5.97 Å². The third kappa shape index (κ3) is 1.85. The maximum absolute atomic E-state index is 11.1. The van der Waals surface area contributed by atoms with Crippen LogP contribution in [0.5, 0.6) is 0 Å². The molecule has 0 spiro atoms. The molecule has 0 radical (unpaired) electrons. The van der Waals surface area contributed by atoms with Crippen LogP contribution in [0, 0.1) is 11.8 Å². The molecule has 0 bridgehead atoms. The van der Waals surface area contributed by atoms with Gasteiger partial charge in [0.2, 0.25) is 5.76 Å². The highest BCUT2D eigenvalue weighted by Crippen LogP contribution is 2.57. The predicted molar refractivity (Wildman–Crippen MR) is 61.0 cm³/mol. The molecule has 2 saturated carbocycles. The van der Waals surface area contributed by atoms with Crippen LogP contribution < -0.4 is 0 Å². The Morgan fingerprint density at radius 1 is 1.41 bits per heavy atom. The van der Waals surface area contributed by atoms with Crippen LogP contribution in [0.4, 0.5) is 0 Å². The van der Waals surface area contributed by atoms with E-state index in [0.717, 1.165) is 31.1 Å². The molecule has 2 aliphatic carbocycles. The van der Waals surface area contributed by atoms with Crippen LogP contribution in [-0.4, -0.2) is 16.1 Å². The third-order valence-electron chi connectivity index (χ3n) is 3.99. The Kier molecular flexibility index (Phi) is 2.45. The number of carbonyl (C=O) groups is 1. The minimum absolute atomic E-state index is 0.0578. The van der Waals surface area contributed by atoms with E-state index in [2.05, 4.69) is 4.98 Å². The minimum Gasteiger partial charge on any atom is -0.475 e. The van der Waals surface area contributed by atoms with Gasteiger partial charge in [-0.15, -0.1) is 0 Å². The lowest BCUT2D eigenvalue weighted by atomic mass is 10.0. The molecule has 0 amide bonds. The van der Waals surface area contributed by atoms with Crippen molar-refractivity contribution in [1.82, 2.24) is 4.98 Å². The lowest BCUT2D eigenvalue weighted by Crippen LogP contribution is -1.99. The second kappa shape index (κ2) is 3.86. The van der Waals surface area contributed by atoms with Crippen LogP contribution in [0.25, 0.3) is 0 Å². The first-order chi connectivity index (χ1) is 8.19. The molecule has 4 nitrogen and oxygen atoms in total. The van der Waals surface area contributed by atoms with Crippen LogP contribution >= 0.6 is 0 Å². The number of rotatable bonds is 4. The van der Waals surface area contributed by atoms with E-state index in [1.54, 1.807) is 0 Å². The number of aromatic carboxylic acids is 1. The van der Waals surface area contributed by atoms with Gasteiger partial charge < -0.3 is 9.52 Å². The Morgan fingerprint density at radius 2 is 2.12 bits per heavy atom. The summed E-state index contributed by atoms with van der Waals surface area (Å²) in [6.45, 7) is 2.02. The zero-order valence-electron chi connectivity index (χ0n) is 9.98. The molecule has 92 valence electrons.